The van der Waals surface area contributed by atoms with Gasteiger partial charge >= 0.3 is 5.76 Å². The van der Waals surface area contributed by atoms with E-state index in [2.05, 4.69) is 10.4 Å². The Morgan fingerprint density at radius 3 is 3.06 bits per heavy atom. The summed E-state index contributed by atoms with van der Waals surface area (Å²) >= 11 is 0. The number of hydrazine groups is 1. The second kappa shape index (κ2) is 4.84. The first kappa shape index (κ1) is 11.4. The van der Waals surface area contributed by atoms with Crippen LogP contribution in [0.3, 0.4) is 0 Å². The van der Waals surface area contributed by atoms with Gasteiger partial charge in [0.2, 0.25) is 5.91 Å². The fourth-order valence-electron chi connectivity index (χ4n) is 1.67. The molecule has 0 saturated heterocycles. The predicted octanol–water partition coefficient (Wildman–Crippen LogP) is 0.434. The fraction of sp³-hybridized carbons (Fsp3) is 0.273. The van der Waals surface area contributed by atoms with Crippen molar-refractivity contribution in [1.82, 2.24) is 10.4 Å². The van der Waals surface area contributed by atoms with Crippen LogP contribution in [0, 0.1) is 0 Å². The Labute approximate surface area is 96.8 Å². The van der Waals surface area contributed by atoms with E-state index in [1.165, 1.54) is 0 Å². The minimum absolute atomic E-state index is 0.181. The minimum Gasteiger partial charge on any atom is -0.408 e. The topological polar surface area (TPSA) is 101 Å². The summed E-state index contributed by atoms with van der Waals surface area (Å²) in [6, 6.07) is 5.49. The van der Waals surface area contributed by atoms with Gasteiger partial charge in [-0.15, -0.1) is 0 Å². The maximum absolute atomic E-state index is 11.0. The maximum Gasteiger partial charge on any atom is 0.417 e. The number of carbonyl (C=O) groups excluding carboxylic acids is 1. The molecule has 17 heavy (non-hydrogen) atoms. The molecule has 90 valence electrons. The smallest absolute Gasteiger partial charge is 0.408 e. The van der Waals surface area contributed by atoms with Crippen molar-refractivity contribution in [3.63, 3.8) is 0 Å². The number of benzene rings is 1. The molecule has 6 heteroatoms. The first-order valence-corrected chi connectivity index (χ1v) is 5.30. The number of nitrogens with two attached hydrogens (primary N) is 1. The molecule has 0 aliphatic rings. The number of amides is 1. The Morgan fingerprint density at radius 2 is 2.29 bits per heavy atom. The summed E-state index contributed by atoms with van der Waals surface area (Å²) < 4.78 is 4.95. The van der Waals surface area contributed by atoms with E-state index in [1.54, 1.807) is 12.1 Å². The van der Waals surface area contributed by atoms with Gasteiger partial charge in [0.25, 0.3) is 0 Å². The van der Waals surface area contributed by atoms with Crippen LogP contribution in [0.25, 0.3) is 11.1 Å². The van der Waals surface area contributed by atoms with Gasteiger partial charge in [0.15, 0.2) is 5.58 Å². The maximum atomic E-state index is 11.0. The number of rotatable bonds is 4. The van der Waals surface area contributed by atoms with Crippen molar-refractivity contribution in [3.8, 4) is 0 Å². The molecule has 2 aromatic rings. The molecule has 0 aliphatic carbocycles. The van der Waals surface area contributed by atoms with Crippen LogP contribution < -0.4 is 17.0 Å². The van der Waals surface area contributed by atoms with Crippen molar-refractivity contribution in [2.75, 3.05) is 0 Å². The van der Waals surface area contributed by atoms with E-state index in [0.29, 0.717) is 23.9 Å². The summed E-state index contributed by atoms with van der Waals surface area (Å²) in [6.07, 6.45) is 1.81. The minimum atomic E-state index is -0.459. The van der Waals surface area contributed by atoms with E-state index in [4.69, 9.17) is 10.3 Å². The SMILES string of the molecule is NNC(=O)CCCc1ccc2[nH]c(=O)oc2c1. The molecule has 0 atom stereocenters. The molecular weight excluding hydrogens is 222 g/mol. The summed E-state index contributed by atoms with van der Waals surface area (Å²) in [5.41, 5.74) is 4.32. The molecule has 1 heterocycles. The summed E-state index contributed by atoms with van der Waals surface area (Å²) in [4.78, 5) is 24.4. The third kappa shape index (κ3) is 2.73. The Hall–Kier alpha value is -2.08. The Balaban J connectivity index is 2.04. The second-order valence-electron chi connectivity index (χ2n) is 3.77. The van der Waals surface area contributed by atoms with Gasteiger partial charge in [0.1, 0.15) is 0 Å². The largest absolute Gasteiger partial charge is 0.417 e. The Bertz CT molecular complexity index is 585. The Morgan fingerprint density at radius 1 is 1.47 bits per heavy atom. The van der Waals surface area contributed by atoms with Crippen LogP contribution >= 0.6 is 0 Å². The highest BCUT2D eigenvalue weighted by atomic mass is 16.4. The number of nitrogens with one attached hydrogen (secondary N) is 2. The van der Waals surface area contributed by atoms with Gasteiger partial charge in [-0.25, -0.2) is 10.6 Å². The van der Waals surface area contributed by atoms with E-state index >= 15 is 0 Å². The number of hydrogen-bond donors (Lipinski definition) is 3. The summed E-state index contributed by atoms with van der Waals surface area (Å²) in [7, 11) is 0. The second-order valence-corrected chi connectivity index (χ2v) is 3.77. The van der Waals surface area contributed by atoms with Crippen LogP contribution in [0.5, 0.6) is 0 Å². The number of oxazole rings is 1. The Kier molecular flexibility index (Phi) is 3.24. The number of aromatic nitrogens is 1. The van der Waals surface area contributed by atoms with Crippen molar-refractivity contribution in [3.05, 3.63) is 34.3 Å². The van der Waals surface area contributed by atoms with Crippen molar-refractivity contribution in [2.45, 2.75) is 19.3 Å². The standard InChI is InChI=1S/C11H13N3O3/c12-14-10(15)3-1-2-7-4-5-8-9(6-7)17-11(16)13-8/h4-6H,1-3,12H2,(H,13,16)(H,14,15). The molecule has 1 aromatic carbocycles. The number of fused-ring (bicyclic) bond motifs is 1. The number of carbonyl (C=O) groups is 1. The highest BCUT2D eigenvalue weighted by Crippen LogP contribution is 2.14. The van der Waals surface area contributed by atoms with Gasteiger partial charge in [-0.3, -0.25) is 15.2 Å². The van der Waals surface area contributed by atoms with Gasteiger partial charge in [-0.2, -0.15) is 0 Å². The molecule has 0 fully saturated rings. The quantitative estimate of drug-likeness (QED) is 0.406. The zero-order chi connectivity index (χ0) is 12.3. The first-order chi connectivity index (χ1) is 8.19. The molecule has 1 aromatic heterocycles. The van der Waals surface area contributed by atoms with Crippen LogP contribution in [0.1, 0.15) is 18.4 Å². The highest BCUT2D eigenvalue weighted by Gasteiger charge is 2.03. The molecule has 2 rings (SSSR count). The third-order valence-electron chi connectivity index (χ3n) is 2.52. The predicted molar refractivity (Wildman–Crippen MR) is 62.1 cm³/mol. The zero-order valence-electron chi connectivity index (χ0n) is 9.16. The molecule has 0 aliphatic heterocycles. The summed E-state index contributed by atoms with van der Waals surface area (Å²) in [5.74, 6) is 4.34. The van der Waals surface area contributed by atoms with Gasteiger partial charge in [-0.1, -0.05) is 6.07 Å². The lowest BCUT2D eigenvalue weighted by Crippen LogP contribution is -2.29. The average Bonchev–Trinajstić information content (AvgIpc) is 2.68. The lowest BCUT2D eigenvalue weighted by atomic mass is 10.1. The van der Waals surface area contributed by atoms with Gasteiger partial charge in [-0.05, 0) is 30.5 Å². The lowest BCUT2D eigenvalue weighted by molar-refractivity contribution is -0.121. The summed E-state index contributed by atoms with van der Waals surface area (Å²) in [6.45, 7) is 0. The van der Waals surface area contributed by atoms with Crippen molar-refractivity contribution in [2.24, 2.45) is 5.84 Å². The van der Waals surface area contributed by atoms with Crippen LogP contribution in [0.2, 0.25) is 0 Å². The molecule has 0 unspecified atom stereocenters. The van der Waals surface area contributed by atoms with Gasteiger partial charge in [0.05, 0.1) is 5.52 Å². The van der Waals surface area contributed by atoms with Crippen molar-refractivity contribution >= 4 is 17.0 Å². The number of aromatic amines is 1. The lowest BCUT2D eigenvalue weighted by Gasteiger charge is -2.00. The van der Waals surface area contributed by atoms with E-state index in [1.807, 2.05) is 6.07 Å². The molecule has 4 N–H and O–H groups in total. The fourth-order valence-corrected chi connectivity index (χ4v) is 1.67. The molecule has 0 bridgehead atoms. The van der Waals surface area contributed by atoms with Gasteiger partial charge < -0.3 is 4.42 Å². The van der Waals surface area contributed by atoms with Crippen molar-refractivity contribution in [1.29, 1.82) is 0 Å². The number of hydrogen-bond acceptors (Lipinski definition) is 4. The van der Waals surface area contributed by atoms with E-state index in [9.17, 15) is 9.59 Å². The summed E-state index contributed by atoms with van der Waals surface area (Å²) in [5, 5.41) is 0. The van der Waals surface area contributed by atoms with Crippen LogP contribution in [-0.4, -0.2) is 10.9 Å². The van der Waals surface area contributed by atoms with Crippen LogP contribution in [-0.2, 0) is 11.2 Å². The molecule has 6 nitrogen and oxygen atoms in total. The van der Waals surface area contributed by atoms with Crippen molar-refractivity contribution < 1.29 is 9.21 Å². The van der Waals surface area contributed by atoms with E-state index in [0.717, 1.165) is 12.0 Å². The first-order valence-electron chi connectivity index (χ1n) is 5.30. The molecule has 0 saturated carbocycles. The van der Waals surface area contributed by atoms with Crippen LogP contribution in [0.15, 0.2) is 27.4 Å². The third-order valence-corrected chi connectivity index (χ3v) is 2.52. The monoisotopic (exact) mass is 235 g/mol. The molecule has 0 spiro atoms. The van der Waals surface area contributed by atoms with Gasteiger partial charge in [0, 0.05) is 6.42 Å². The van der Waals surface area contributed by atoms with Crippen LogP contribution in [0.4, 0.5) is 0 Å². The van der Waals surface area contributed by atoms with E-state index in [-0.39, 0.29) is 5.91 Å². The normalized spacial score (nSPS) is 10.6. The average molecular weight is 235 g/mol. The number of aryl methyl sites for hydroxylation is 1. The molecule has 0 radical (unpaired) electrons. The number of H-pyrrole nitrogens is 1. The molecular formula is C11H13N3O3. The zero-order valence-corrected chi connectivity index (χ0v) is 9.16. The highest BCUT2D eigenvalue weighted by molar-refractivity contribution is 5.75. The van der Waals surface area contributed by atoms with E-state index < -0.39 is 5.76 Å². The molecule has 1 amide bonds.